The Morgan fingerprint density at radius 3 is 2.10 bits per heavy atom. The van der Waals surface area contributed by atoms with Crippen molar-refractivity contribution < 1.29 is 29.4 Å². The van der Waals surface area contributed by atoms with Gasteiger partial charge in [-0.1, -0.05) is 0 Å². The highest BCUT2D eigenvalue weighted by molar-refractivity contribution is 7.80. The van der Waals surface area contributed by atoms with Crippen LogP contribution in [0.4, 0.5) is 0 Å². The largest absolute Gasteiger partial charge is 0.480 e. The van der Waals surface area contributed by atoms with Gasteiger partial charge in [-0.15, -0.1) is 0 Å². The van der Waals surface area contributed by atoms with Gasteiger partial charge in [0.2, 0.25) is 17.7 Å². The van der Waals surface area contributed by atoms with Gasteiger partial charge in [0, 0.05) is 29.8 Å². The number of hydrogen-bond acceptors (Lipinski definition) is 9. The molecule has 0 fully saturated rings. The third kappa shape index (κ3) is 7.92. The Morgan fingerprint density at radius 1 is 1.03 bits per heavy atom. The molecule has 0 radical (unpaired) electrons. The Morgan fingerprint density at radius 2 is 1.62 bits per heavy atom. The first-order chi connectivity index (χ1) is 13.7. The molecule has 3 amide bonds. The minimum absolute atomic E-state index is 0.0246. The van der Waals surface area contributed by atoms with Crippen LogP contribution in [0.1, 0.15) is 5.69 Å². The molecule has 4 atom stereocenters. The van der Waals surface area contributed by atoms with Crippen molar-refractivity contribution in [3.8, 4) is 0 Å². The summed E-state index contributed by atoms with van der Waals surface area (Å²) in [6.07, 6.45) is 2.75. The zero-order valence-corrected chi connectivity index (χ0v) is 17.0. The van der Waals surface area contributed by atoms with Crippen LogP contribution in [0.2, 0.25) is 0 Å². The number of imidazole rings is 1. The van der Waals surface area contributed by atoms with Crippen LogP contribution in [0.5, 0.6) is 0 Å². The van der Waals surface area contributed by atoms with Crippen LogP contribution in [0.25, 0.3) is 0 Å². The fourth-order valence-electron chi connectivity index (χ4n) is 2.11. The normalized spacial score (nSPS) is 14.9. The lowest BCUT2D eigenvalue weighted by atomic mass is 10.1. The van der Waals surface area contributed by atoms with Crippen molar-refractivity contribution in [3.63, 3.8) is 0 Å². The second-order valence-electron chi connectivity index (χ2n) is 5.96. The predicted octanol–water partition coefficient (Wildman–Crippen LogP) is -3.33. The molecule has 0 bridgehead atoms. The van der Waals surface area contributed by atoms with Crippen molar-refractivity contribution in [1.82, 2.24) is 25.9 Å². The summed E-state index contributed by atoms with van der Waals surface area (Å²) in [6, 6.07) is -4.84. The number of aromatic amines is 1. The first kappa shape index (κ1) is 24.7. The van der Waals surface area contributed by atoms with Gasteiger partial charge in [0.15, 0.2) is 0 Å². The topological polar surface area (TPSA) is 200 Å². The number of rotatable bonds is 12. The third-order valence-electron chi connectivity index (χ3n) is 3.76. The molecule has 14 heteroatoms. The Hall–Kier alpha value is -2.29. The van der Waals surface area contributed by atoms with E-state index in [1.54, 1.807) is 0 Å². The van der Waals surface area contributed by atoms with E-state index >= 15 is 0 Å². The number of carboxylic acids is 1. The number of aliphatic carboxylic acids is 1. The number of amides is 3. The highest BCUT2D eigenvalue weighted by atomic mass is 32.1. The van der Waals surface area contributed by atoms with Gasteiger partial charge in [-0.2, -0.15) is 25.3 Å². The van der Waals surface area contributed by atoms with Gasteiger partial charge in [0.1, 0.15) is 18.1 Å². The number of aromatic nitrogens is 2. The standard InChI is InChI=1S/C15H24N6O6S2/c16-8(4-28)12(23)20-10(3-22)14(25)19-9(1-7-2-17-6-18-7)13(24)21-11(5-29)15(26)27/h2,6,8-11,22,28-29H,1,3-5,16H2,(H,17,18)(H,19,25)(H,20,23)(H,21,24)(H,26,27)/t8-,9-,10-,11-/m0/s1. The smallest absolute Gasteiger partial charge is 0.327 e. The van der Waals surface area contributed by atoms with Crippen LogP contribution in [0.15, 0.2) is 12.5 Å². The number of carbonyl (C=O) groups excluding carboxylic acids is 3. The number of thiol groups is 2. The maximum absolute atomic E-state index is 12.5. The Kier molecular flexibility index (Phi) is 10.5. The van der Waals surface area contributed by atoms with E-state index in [2.05, 4.69) is 51.2 Å². The van der Waals surface area contributed by atoms with Crippen LogP contribution in [-0.4, -0.2) is 86.2 Å². The molecule has 0 aromatic carbocycles. The van der Waals surface area contributed by atoms with E-state index in [4.69, 9.17) is 10.8 Å². The average molecular weight is 449 g/mol. The number of nitrogens with two attached hydrogens (primary N) is 1. The van der Waals surface area contributed by atoms with Crippen LogP contribution in [-0.2, 0) is 25.6 Å². The summed E-state index contributed by atoms with van der Waals surface area (Å²) >= 11 is 7.76. The van der Waals surface area contributed by atoms with E-state index in [9.17, 15) is 24.3 Å². The summed E-state index contributed by atoms with van der Waals surface area (Å²) in [5.41, 5.74) is 6.01. The molecule has 8 N–H and O–H groups in total. The van der Waals surface area contributed by atoms with Gasteiger partial charge >= 0.3 is 5.97 Å². The van der Waals surface area contributed by atoms with Crippen molar-refractivity contribution in [2.24, 2.45) is 5.73 Å². The molecule has 1 rings (SSSR count). The molecule has 0 aliphatic carbocycles. The molecule has 162 valence electrons. The van der Waals surface area contributed by atoms with Crippen LogP contribution in [0.3, 0.4) is 0 Å². The molecule has 12 nitrogen and oxygen atoms in total. The van der Waals surface area contributed by atoms with Crippen molar-refractivity contribution in [2.45, 2.75) is 30.6 Å². The van der Waals surface area contributed by atoms with Gasteiger partial charge in [0.25, 0.3) is 0 Å². The van der Waals surface area contributed by atoms with Crippen LogP contribution < -0.4 is 21.7 Å². The van der Waals surface area contributed by atoms with E-state index in [1.807, 2.05) is 0 Å². The summed E-state index contributed by atoms with van der Waals surface area (Å²) in [5, 5.41) is 25.4. The molecule has 0 saturated heterocycles. The molecule has 0 spiro atoms. The van der Waals surface area contributed by atoms with E-state index in [1.165, 1.54) is 12.5 Å². The zero-order valence-electron chi connectivity index (χ0n) is 15.2. The van der Waals surface area contributed by atoms with Gasteiger partial charge in [0.05, 0.1) is 19.0 Å². The van der Waals surface area contributed by atoms with Gasteiger partial charge in [-0.05, 0) is 0 Å². The van der Waals surface area contributed by atoms with Crippen molar-refractivity contribution in [2.75, 3.05) is 18.1 Å². The third-order valence-corrected chi connectivity index (χ3v) is 4.52. The Labute approximate surface area is 177 Å². The molecule has 0 saturated carbocycles. The highest BCUT2D eigenvalue weighted by Crippen LogP contribution is 2.02. The fraction of sp³-hybridized carbons (Fsp3) is 0.533. The second-order valence-corrected chi connectivity index (χ2v) is 6.69. The number of aliphatic hydroxyl groups excluding tert-OH is 1. The molecule has 0 aliphatic heterocycles. The average Bonchev–Trinajstić information content (AvgIpc) is 3.21. The van der Waals surface area contributed by atoms with Crippen molar-refractivity contribution >= 4 is 48.9 Å². The zero-order chi connectivity index (χ0) is 22.0. The van der Waals surface area contributed by atoms with Crippen molar-refractivity contribution in [3.05, 3.63) is 18.2 Å². The maximum atomic E-state index is 12.5. The lowest BCUT2D eigenvalue weighted by Gasteiger charge is -2.23. The van der Waals surface area contributed by atoms with Crippen molar-refractivity contribution in [1.29, 1.82) is 0 Å². The molecule has 1 aromatic rings. The molecular formula is C15H24N6O6S2. The monoisotopic (exact) mass is 448 g/mol. The number of aliphatic hydroxyl groups is 1. The lowest BCUT2D eigenvalue weighted by Crippen LogP contribution is -2.58. The summed E-state index contributed by atoms with van der Waals surface area (Å²) < 4.78 is 0. The molecule has 1 heterocycles. The lowest BCUT2D eigenvalue weighted by molar-refractivity contribution is -0.141. The van der Waals surface area contributed by atoms with E-state index in [0.29, 0.717) is 5.69 Å². The van der Waals surface area contributed by atoms with Gasteiger partial charge in [-0.3, -0.25) is 14.4 Å². The van der Waals surface area contributed by atoms with E-state index in [-0.39, 0.29) is 17.9 Å². The quantitative estimate of drug-likeness (QED) is 0.148. The number of nitrogens with zero attached hydrogens (tertiary/aromatic N) is 1. The molecule has 1 aromatic heterocycles. The number of carbonyl (C=O) groups is 4. The SMILES string of the molecule is N[C@@H](CS)C(=O)N[C@@H](CO)C(=O)N[C@@H](Cc1cnc[nH]1)C(=O)N[C@@H](CS)C(=O)O. The minimum atomic E-state index is -1.37. The first-order valence-corrected chi connectivity index (χ1v) is 9.69. The number of nitrogens with one attached hydrogen (secondary N) is 4. The fourth-order valence-corrected chi connectivity index (χ4v) is 2.52. The summed E-state index contributed by atoms with van der Waals surface area (Å²) in [6.45, 7) is -0.746. The van der Waals surface area contributed by atoms with Gasteiger partial charge < -0.3 is 36.9 Å². The number of carboxylic acid groups (broad SMARTS) is 1. The molecular weight excluding hydrogens is 424 g/mol. The Bertz CT molecular complexity index is 703. The minimum Gasteiger partial charge on any atom is -0.480 e. The number of hydrogen-bond donors (Lipinski definition) is 9. The predicted molar refractivity (Wildman–Crippen MR) is 108 cm³/mol. The van der Waals surface area contributed by atoms with E-state index in [0.717, 1.165) is 0 Å². The first-order valence-electron chi connectivity index (χ1n) is 8.42. The maximum Gasteiger partial charge on any atom is 0.327 e. The van der Waals surface area contributed by atoms with Crippen LogP contribution >= 0.6 is 25.3 Å². The number of H-pyrrole nitrogens is 1. The van der Waals surface area contributed by atoms with Gasteiger partial charge in [-0.25, -0.2) is 9.78 Å². The Balaban J connectivity index is 2.91. The summed E-state index contributed by atoms with van der Waals surface area (Å²) in [5.74, 6) is -3.78. The highest BCUT2D eigenvalue weighted by Gasteiger charge is 2.30. The summed E-state index contributed by atoms with van der Waals surface area (Å²) in [4.78, 5) is 54.6. The molecule has 29 heavy (non-hydrogen) atoms. The molecule has 0 unspecified atom stereocenters. The molecule has 0 aliphatic rings. The second kappa shape index (κ2) is 12.3. The van der Waals surface area contributed by atoms with Crippen LogP contribution in [0, 0.1) is 0 Å². The summed E-state index contributed by atoms with van der Waals surface area (Å²) in [7, 11) is 0. The van der Waals surface area contributed by atoms with E-state index < -0.39 is 54.5 Å².